The third kappa shape index (κ3) is 2.97. The quantitative estimate of drug-likeness (QED) is 0.748. The zero-order valence-corrected chi connectivity index (χ0v) is 15.7. The van der Waals surface area contributed by atoms with Crippen molar-refractivity contribution in [2.75, 3.05) is 44.2 Å². The lowest BCUT2D eigenvalue weighted by atomic mass is 10.1. The molecule has 0 N–H and O–H groups in total. The Morgan fingerprint density at radius 1 is 1.08 bits per heavy atom. The molecule has 2 fully saturated rings. The summed E-state index contributed by atoms with van der Waals surface area (Å²) in [5.74, 6) is 1.10. The van der Waals surface area contributed by atoms with E-state index in [1.54, 1.807) is 26.2 Å². The number of hydrogen-bond donors (Lipinski definition) is 0. The largest absolute Gasteiger partial charge is 0.360 e. The molecule has 0 saturated carbocycles. The third-order valence-corrected chi connectivity index (χ3v) is 7.14. The van der Waals surface area contributed by atoms with Gasteiger partial charge in [-0.15, -0.1) is 0 Å². The lowest BCUT2D eigenvalue weighted by Crippen LogP contribution is -2.64. The Morgan fingerprint density at radius 3 is 2.31 bits per heavy atom. The standard InChI is InChI=1S/C16H22N6O3S/c1-12-15(13(2)25-19-12)26(23,24)22-10-14(11-22)20-6-8-21(9-7-20)16-17-4-3-5-18-16/h3-5,14H,6-11H2,1-2H3. The summed E-state index contributed by atoms with van der Waals surface area (Å²) in [7, 11) is -3.53. The lowest BCUT2D eigenvalue weighted by Gasteiger charge is -2.47. The highest BCUT2D eigenvalue weighted by atomic mass is 32.2. The normalized spacial score (nSPS) is 20.3. The van der Waals surface area contributed by atoms with Crippen LogP contribution in [-0.2, 0) is 10.0 Å². The monoisotopic (exact) mass is 378 g/mol. The van der Waals surface area contributed by atoms with E-state index >= 15 is 0 Å². The van der Waals surface area contributed by atoms with E-state index in [1.807, 2.05) is 6.07 Å². The number of piperazine rings is 1. The molecule has 140 valence electrons. The number of aryl methyl sites for hydroxylation is 2. The molecule has 4 heterocycles. The van der Waals surface area contributed by atoms with Crippen LogP contribution in [0.15, 0.2) is 27.9 Å². The number of aromatic nitrogens is 3. The summed E-state index contributed by atoms with van der Waals surface area (Å²) in [5.41, 5.74) is 0.419. The van der Waals surface area contributed by atoms with Crippen molar-refractivity contribution in [3.8, 4) is 0 Å². The molecule has 9 nitrogen and oxygen atoms in total. The van der Waals surface area contributed by atoms with E-state index in [0.717, 1.165) is 32.1 Å². The van der Waals surface area contributed by atoms with Crippen molar-refractivity contribution in [2.24, 2.45) is 0 Å². The van der Waals surface area contributed by atoms with Crippen LogP contribution in [-0.4, -0.2) is 78.1 Å². The number of rotatable bonds is 4. The van der Waals surface area contributed by atoms with Crippen molar-refractivity contribution in [1.29, 1.82) is 0 Å². The zero-order chi connectivity index (χ0) is 18.3. The van der Waals surface area contributed by atoms with Gasteiger partial charge in [-0.25, -0.2) is 18.4 Å². The fourth-order valence-corrected chi connectivity index (χ4v) is 5.36. The minimum Gasteiger partial charge on any atom is -0.360 e. The molecule has 0 aliphatic carbocycles. The van der Waals surface area contributed by atoms with Gasteiger partial charge in [0.25, 0.3) is 0 Å². The highest BCUT2D eigenvalue weighted by molar-refractivity contribution is 7.89. The van der Waals surface area contributed by atoms with Crippen LogP contribution in [0.5, 0.6) is 0 Å². The predicted molar refractivity (Wildman–Crippen MR) is 94.3 cm³/mol. The Balaban J connectivity index is 1.35. The van der Waals surface area contributed by atoms with Crippen molar-refractivity contribution in [3.05, 3.63) is 29.9 Å². The van der Waals surface area contributed by atoms with Gasteiger partial charge in [0.05, 0.1) is 0 Å². The van der Waals surface area contributed by atoms with Crippen molar-refractivity contribution in [1.82, 2.24) is 24.3 Å². The number of sulfonamides is 1. The smallest absolute Gasteiger partial charge is 0.248 e. The van der Waals surface area contributed by atoms with Crippen LogP contribution < -0.4 is 4.90 Å². The molecular formula is C16H22N6O3S. The summed E-state index contributed by atoms with van der Waals surface area (Å²) in [6.45, 7) is 7.75. The molecule has 0 unspecified atom stereocenters. The van der Waals surface area contributed by atoms with Gasteiger partial charge in [0.15, 0.2) is 5.76 Å². The van der Waals surface area contributed by atoms with Gasteiger partial charge < -0.3 is 9.42 Å². The molecule has 26 heavy (non-hydrogen) atoms. The van der Waals surface area contributed by atoms with E-state index in [4.69, 9.17) is 4.52 Å². The van der Waals surface area contributed by atoms with Crippen LogP contribution in [0, 0.1) is 13.8 Å². The molecule has 0 amide bonds. The van der Waals surface area contributed by atoms with E-state index in [9.17, 15) is 8.42 Å². The summed E-state index contributed by atoms with van der Waals surface area (Å²) in [6, 6.07) is 2.06. The molecule has 2 aromatic heterocycles. The topological polar surface area (TPSA) is 95.7 Å². The fraction of sp³-hybridized carbons (Fsp3) is 0.562. The molecule has 2 aliphatic heterocycles. The van der Waals surface area contributed by atoms with E-state index in [2.05, 4.69) is 24.9 Å². The van der Waals surface area contributed by atoms with Gasteiger partial charge in [0, 0.05) is 57.7 Å². The van der Waals surface area contributed by atoms with Crippen molar-refractivity contribution in [3.63, 3.8) is 0 Å². The Hall–Kier alpha value is -2.04. The van der Waals surface area contributed by atoms with E-state index in [0.29, 0.717) is 24.5 Å². The summed E-state index contributed by atoms with van der Waals surface area (Å²) < 4.78 is 32.1. The van der Waals surface area contributed by atoms with Crippen molar-refractivity contribution < 1.29 is 12.9 Å². The number of hydrogen-bond acceptors (Lipinski definition) is 8. The van der Waals surface area contributed by atoms with Crippen LogP contribution in [0.25, 0.3) is 0 Å². The Labute approximate surface area is 152 Å². The molecule has 0 aromatic carbocycles. The Bertz CT molecular complexity index is 851. The highest BCUT2D eigenvalue weighted by Gasteiger charge is 2.42. The van der Waals surface area contributed by atoms with Gasteiger partial charge in [0.1, 0.15) is 10.6 Å². The summed E-state index contributed by atoms with van der Waals surface area (Å²) >= 11 is 0. The fourth-order valence-electron chi connectivity index (χ4n) is 3.56. The maximum atomic E-state index is 12.8. The summed E-state index contributed by atoms with van der Waals surface area (Å²) in [5, 5.41) is 3.76. The molecule has 0 bridgehead atoms. The molecule has 0 radical (unpaired) electrons. The van der Waals surface area contributed by atoms with Gasteiger partial charge >= 0.3 is 0 Å². The zero-order valence-electron chi connectivity index (χ0n) is 14.9. The van der Waals surface area contributed by atoms with Crippen LogP contribution >= 0.6 is 0 Å². The van der Waals surface area contributed by atoms with Gasteiger partial charge in [-0.3, -0.25) is 4.90 Å². The number of nitrogens with zero attached hydrogens (tertiary/aromatic N) is 6. The lowest BCUT2D eigenvalue weighted by molar-refractivity contribution is 0.0825. The first kappa shape index (κ1) is 17.4. The van der Waals surface area contributed by atoms with Gasteiger partial charge in [0.2, 0.25) is 16.0 Å². The predicted octanol–water partition coefficient (Wildman–Crippen LogP) is 0.277. The summed E-state index contributed by atoms with van der Waals surface area (Å²) in [4.78, 5) is 13.3. The molecule has 2 saturated heterocycles. The Kier molecular flexibility index (Phi) is 4.41. The van der Waals surface area contributed by atoms with Crippen molar-refractivity contribution in [2.45, 2.75) is 24.8 Å². The molecule has 0 atom stereocenters. The first-order chi connectivity index (χ1) is 12.5. The first-order valence-corrected chi connectivity index (χ1v) is 10.1. The summed E-state index contributed by atoms with van der Waals surface area (Å²) in [6.07, 6.45) is 3.50. The van der Waals surface area contributed by atoms with Gasteiger partial charge in [-0.2, -0.15) is 4.31 Å². The van der Waals surface area contributed by atoms with Gasteiger partial charge in [-0.05, 0) is 19.9 Å². The molecular weight excluding hydrogens is 356 g/mol. The number of anilines is 1. The van der Waals surface area contributed by atoms with E-state index in [-0.39, 0.29) is 10.9 Å². The second-order valence-corrected chi connectivity index (χ2v) is 8.58. The van der Waals surface area contributed by atoms with Crippen LogP contribution in [0.3, 0.4) is 0 Å². The maximum absolute atomic E-state index is 12.8. The van der Waals surface area contributed by atoms with Crippen LogP contribution in [0.2, 0.25) is 0 Å². The van der Waals surface area contributed by atoms with Gasteiger partial charge in [-0.1, -0.05) is 5.16 Å². The first-order valence-electron chi connectivity index (χ1n) is 8.66. The second kappa shape index (κ2) is 6.60. The molecule has 0 spiro atoms. The minimum absolute atomic E-state index is 0.210. The Morgan fingerprint density at radius 2 is 1.73 bits per heavy atom. The maximum Gasteiger partial charge on any atom is 0.248 e. The minimum atomic E-state index is -3.53. The second-order valence-electron chi connectivity index (χ2n) is 6.70. The molecule has 2 aliphatic rings. The SMILES string of the molecule is Cc1noc(C)c1S(=O)(=O)N1CC(N2CCN(c3ncccn3)CC2)C1. The van der Waals surface area contributed by atoms with Crippen LogP contribution in [0.1, 0.15) is 11.5 Å². The van der Waals surface area contributed by atoms with Crippen LogP contribution in [0.4, 0.5) is 5.95 Å². The highest BCUT2D eigenvalue weighted by Crippen LogP contribution is 2.28. The molecule has 10 heteroatoms. The average molecular weight is 378 g/mol. The molecule has 2 aromatic rings. The third-order valence-electron chi connectivity index (χ3n) is 5.06. The van der Waals surface area contributed by atoms with Crippen molar-refractivity contribution >= 4 is 16.0 Å². The van der Waals surface area contributed by atoms with E-state index in [1.165, 1.54) is 4.31 Å². The molecule has 4 rings (SSSR count). The van der Waals surface area contributed by atoms with E-state index < -0.39 is 10.0 Å². The average Bonchev–Trinajstić information content (AvgIpc) is 2.94.